The minimum Gasteiger partial charge on any atom is -0.489 e. The zero-order valence-corrected chi connectivity index (χ0v) is 11.3. The Morgan fingerprint density at radius 2 is 1.94 bits per heavy atom. The molecular weight excluding hydrogens is 212 g/mol. The fourth-order valence-electron chi connectivity index (χ4n) is 1.51. The molecule has 3 nitrogen and oxygen atoms in total. The van der Waals surface area contributed by atoms with Gasteiger partial charge in [-0.1, -0.05) is 13.8 Å². The number of anilines is 2. The van der Waals surface area contributed by atoms with Crippen molar-refractivity contribution in [1.29, 1.82) is 0 Å². The van der Waals surface area contributed by atoms with Crippen LogP contribution in [0.1, 0.15) is 34.1 Å². The molecule has 0 aliphatic carbocycles. The first-order chi connectivity index (χ1) is 7.99. The molecule has 96 valence electrons. The first kappa shape index (κ1) is 13.7. The Labute approximate surface area is 104 Å². The lowest BCUT2D eigenvalue weighted by atomic mass is 10.1. The van der Waals surface area contributed by atoms with Crippen LogP contribution < -0.4 is 15.8 Å². The summed E-state index contributed by atoms with van der Waals surface area (Å²) >= 11 is 0. The van der Waals surface area contributed by atoms with Gasteiger partial charge in [-0.2, -0.15) is 0 Å². The van der Waals surface area contributed by atoms with Gasteiger partial charge in [0.05, 0.1) is 11.8 Å². The minimum absolute atomic E-state index is 0.142. The molecule has 0 unspecified atom stereocenters. The second kappa shape index (κ2) is 6.38. The molecule has 3 N–H and O–H groups in total. The molecule has 0 spiro atoms. The molecule has 17 heavy (non-hydrogen) atoms. The zero-order chi connectivity index (χ0) is 12.8. The lowest BCUT2D eigenvalue weighted by Gasteiger charge is -2.14. The molecule has 0 aromatic heterocycles. The highest BCUT2D eigenvalue weighted by Crippen LogP contribution is 2.26. The van der Waals surface area contributed by atoms with Crippen molar-refractivity contribution in [2.75, 3.05) is 17.6 Å². The van der Waals surface area contributed by atoms with Crippen LogP contribution in [0, 0.1) is 5.92 Å². The molecule has 0 saturated carbocycles. The quantitative estimate of drug-likeness (QED) is 0.743. The molecule has 0 bridgehead atoms. The first-order valence-corrected chi connectivity index (χ1v) is 6.29. The van der Waals surface area contributed by atoms with Crippen molar-refractivity contribution in [3.8, 4) is 5.75 Å². The van der Waals surface area contributed by atoms with Gasteiger partial charge in [0.1, 0.15) is 5.75 Å². The molecule has 0 heterocycles. The van der Waals surface area contributed by atoms with Crippen LogP contribution in [0.15, 0.2) is 18.2 Å². The van der Waals surface area contributed by atoms with E-state index in [1.165, 1.54) is 0 Å². The summed E-state index contributed by atoms with van der Waals surface area (Å²) in [4.78, 5) is 0. The van der Waals surface area contributed by atoms with Crippen molar-refractivity contribution in [3.05, 3.63) is 18.2 Å². The van der Waals surface area contributed by atoms with E-state index in [-0.39, 0.29) is 6.10 Å². The third-order valence-corrected chi connectivity index (χ3v) is 2.43. The average Bonchev–Trinajstić information content (AvgIpc) is 2.21. The lowest BCUT2D eigenvalue weighted by molar-refractivity contribution is 0.244. The van der Waals surface area contributed by atoms with E-state index in [4.69, 9.17) is 10.5 Å². The van der Waals surface area contributed by atoms with E-state index < -0.39 is 0 Å². The van der Waals surface area contributed by atoms with Crippen LogP contribution >= 0.6 is 0 Å². The Morgan fingerprint density at radius 3 is 2.53 bits per heavy atom. The molecule has 0 atom stereocenters. The van der Waals surface area contributed by atoms with Crippen molar-refractivity contribution in [2.45, 2.75) is 40.2 Å². The fraction of sp³-hybridized carbons (Fsp3) is 0.571. The minimum atomic E-state index is 0.142. The highest BCUT2D eigenvalue weighted by Gasteiger charge is 2.04. The molecule has 0 radical (unpaired) electrons. The van der Waals surface area contributed by atoms with Gasteiger partial charge in [0.15, 0.2) is 0 Å². The smallest absolute Gasteiger partial charge is 0.144 e. The van der Waals surface area contributed by atoms with Crippen molar-refractivity contribution < 1.29 is 4.74 Å². The van der Waals surface area contributed by atoms with Crippen LogP contribution in [0.25, 0.3) is 0 Å². The Hall–Kier alpha value is -1.38. The predicted octanol–water partition coefficient (Wildman–Crippen LogP) is 3.51. The van der Waals surface area contributed by atoms with Gasteiger partial charge in [-0.3, -0.25) is 0 Å². The maximum Gasteiger partial charge on any atom is 0.144 e. The van der Waals surface area contributed by atoms with Crippen LogP contribution in [0.4, 0.5) is 11.4 Å². The summed E-state index contributed by atoms with van der Waals surface area (Å²) in [5.41, 5.74) is 7.62. The summed E-state index contributed by atoms with van der Waals surface area (Å²) in [5, 5.41) is 3.38. The Bertz CT molecular complexity index is 348. The summed E-state index contributed by atoms with van der Waals surface area (Å²) < 4.78 is 5.65. The van der Waals surface area contributed by atoms with E-state index in [1.54, 1.807) is 0 Å². The zero-order valence-electron chi connectivity index (χ0n) is 11.3. The predicted molar refractivity (Wildman–Crippen MR) is 74.6 cm³/mol. The number of ether oxygens (including phenoxy) is 1. The molecule has 1 rings (SSSR count). The molecule has 0 fully saturated rings. The summed E-state index contributed by atoms with van der Waals surface area (Å²) in [6.07, 6.45) is 1.30. The van der Waals surface area contributed by atoms with Gasteiger partial charge in [-0.05, 0) is 38.3 Å². The summed E-state index contributed by atoms with van der Waals surface area (Å²) in [5.74, 6) is 1.47. The van der Waals surface area contributed by atoms with Crippen LogP contribution in [0.5, 0.6) is 5.75 Å². The topological polar surface area (TPSA) is 47.3 Å². The molecule has 0 aliphatic heterocycles. The Kier molecular flexibility index (Phi) is 5.13. The van der Waals surface area contributed by atoms with Gasteiger partial charge in [-0.15, -0.1) is 0 Å². The van der Waals surface area contributed by atoms with Crippen molar-refractivity contribution in [3.63, 3.8) is 0 Å². The normalized spacial score (nSPS) is 10.9. The first-order valence-electron chi connectivity index (χ1n) is 6.29. The lowest BCUT2D eigenvalue weighted by Crippen LogP contribution is -2.09. The van der Waals surface area contributed by atoms with Crippen LogP contribution in [-0.2, 0) is 0 Å². The number of nitrogens with two attached hydrogens (primary N) is 1. The monoisotopic (exact) mass is 236 g/mol. The molecule has 0 saturated heterocycles. The SMILES string of the molecule is CC(C)CCNc1ccc(N)c(OC(C)C)c1. The van der Waals surface area contributed by atoms with Gasteiger partial charge in [-0.25, -0.2) is 0 Å². The second-order valence-corrected chi connectivity index (χ2v) is 5.03. The van der Waals surface area contributed by atoms with Crippen molar-refractivity contribution in [1.82, 2.24) is 0 Å². The standard InChI is InChI=1S/C14H24N2O/c1-10(2)7-8-16-12-5-6-13(15)14(9-12)17-11(3)4/h5-6,9-11,16H,7-8,15H2,1-4H3. The van der Waals surface area contributed by atoms with E-state index in [9.17, 15) is 0 Å². The molecule has 3 heteroatoms. The number of hydrogen-bond donors (Lipinski definition) is 2. The number of rotatable bonds is 6. The van der Waals surface area contributed by atoms with Gasteiger partial charge in [0, 0.05) is 18.3 Å². The van der Waals surface area contributed by atoms with Crippen LogP contribution in [-0.4, -0.2) is 12.6 Å². The molecule has 1 aromatic rings. The Balaban J connectivity index is 2.61. The van der Waals surface area contributed by atoms with E-state index >= 15 is 0 Å². The number of benzene rings is 1. The van der Waals surface area contributed by atoms with Gasteiger partial charge in [0.2, 0.25) is 0 Å². The van der Waals surface area contributed by atoms with Gasteiger partial charge < -0.3 is 15.8 Å². The van der Waals surface area contributed by atoms with E-state index in [1.807, 2.05) is 32.0 Å². The largest absolute Gasteiger partial charge is 0.489 e. The Morgan fingerprint density at radius 1 is 1.24 bits per heavy atom. The maximum atomic E-state index is 5.86. The highest BCUT2D eigenvalue weighted by molar-refractivity contribution is 5.61. The number of nitrogens with one attached hydrogen (secondary N) is 1. The van der Waals surface area contributed by atoms with Gasteiger partial charge in [0.25, 0.3) is 0 Å². The van der Waals surface area contributed by atoms with E-state index in [0.717, 1.165) is 24.4 Å². The molecule has 0 aliphatic rings. The van der Waals surface area contributed by atoms with Gasteiger partial charge >= 0.3 is 0 Å². The summed E-state index contributed by atoms with van der Waals surface area (Å²) in [6, 6.07) is 5.84. The third kappa shape index (κ3) is 4.98. The summed E-state index contributed by atoms with van der Waals surface area (Å²) in [6.45, 7) is 9.41. The van der Waals surface area contributed by atoms with Crippen molar-refractivity contribution >= 4 is 11.4 Å². The van der Waals surface area contributed by atoms with E-state index in [2.05, 4.69) is 19.2 Å². The average molecular weight is 236 g/mol. The molecular formula is C14H24N2O. The third-order valence-electron chi connectivity index (χ3n) is 2.43. The number of hydrogen-bond acceptors (Lipinski definition) is 3. The molecule has 1 aromatic carbocycles. The molecule has 0 amide bonds. The maximum absolute atomic E-state index is 5.86. The van der Waals surface area contributed by atoms with Crippen LogP contribution in [0.3, 0.4) is 0 Å². The second-order valence-electron chi connectivity index (χ2n) is 5.03. The van der Waals surface area contributed by atoms with Crippen molar-refractivity contribution in [2.24, 2.45) is 5.92 Å². The van der Waals surface area contributed by atoms with Crippen LogP contribution in [0.2, 0.25) is 0 Å². The summed E-state index contributed by atoms with van der Waals surface area (Å²) in [7, 11) is 0. The fourth-order valence-corrected chi connectivity index (χ4v) is 1.51. The highest BCUT2D eigenvalue weighted by atomic mass is 16.5. The van der Waals surface area contributed by atoms with E-state index in [0.29, 0.717) is 11.6 Å². The number of nitrogen functional groups attached to an aromatic ring is 1.